The van der Waals surface area contributed by atoms with Crippen molar-refractivity contribution in [2.45, 2.75) is 6.54 Å². The largest absolute Gasteiger partial charge is 0.348 e. The van der Waals surface area contributed by atoms with Crippen LogP contribution in [-0.2, 0) is 6.54 Å². The molecule has 1 amide bonds. The number of halogens is 2. The zero-order chi connectivity index (χ0) is 13.0. The van der Waals surface area contributed by atoms with E-state index >= 15 is 0 Å². The van der Waals surface area contributed by atoms with Crippen LogP contribution < -0.4 is 5.32 Å². The quantitative estimate of drug-likeness (QED) is 0.905. The number of aromatic nitrogens is 1. The Labute approximate surface area is 102 Å². The fourth-order valence-corrected chi connectivity index (χ4v) is 1.49. The summed E-state index contributed by atoms with van der Waals surface area (Å²) < 4.78 is 26.5. The van der Waals surface area contributed by atoms with Crippen molar-refractivity contribution in [2.24, 2.45) is 0 Å². The van der Waals surface area contributed by atoms with Crippen molar-refractivity contribution in [1.82, 2.24) is 10.3 Å². The lowest BCUT2D eigenvalue weighted by Gasteiger charge is -2.06. The Morgan fingerprint density at radius 1 is 1.11 bits per heavy atom. The van der Waals surface area contributed by atoms with Gasteiger partial charge in [0.2, 0.25) is 0 Å². The maximum Gasteiger partial charge on any atom is 0.257 e. The summed E-state index contributed by atoms with van der Waals surface area (Å²) in [6, 6.07) is 9.08. The number of nitrogens with zero attached hydrogens (tertiary/aromatic N) is 1. The molecule has 2 rings (SSSR count). The van der Waals surface area contributed by atoms with E-state index in [0.717, 1.165) is 18.0 Å². The standard InChI is InChI=1S/C13H10F2N2O/c14-10-7-16-8-11(15)12(10)13(18)17-6-9-4-2-1-3-5-9/h1-5,7-8H,6H2,(H,17,18). The second-order valence-corrected chi connectivity index (χ2v) is 3.65. The molecule has 0 bridgehead atoms. The van der Waals surface area contributed by atoms with E-state index in [2.05, 4.69) is 10.3 Å². The van der Waals surface area contributed by atoms with Gasteiger partial charge in [-0.25, -0.2) is 8.78 Å². The lowest BCUT2D eigenvalue weighted by molar-refractivity contribution is 0.0942. The minimum absolute atomic E-state index is 0.209. The highest BCUT2D eigenvalue weighted by Crippen LogP contribution is 2.10. The highest BCUT2D eigenvalue weighted by Gasteiger charge is 2.17. The molecular formula is C13H10F2N2O. The van der Waals surface area contributed by atoms with Gasteiger partial charge in [0, 0.05) is 6.54 Å². The topological polar surface area (TPSA) is 42.0 Å². The monoisotopic (exact) mass is 248 g/mol. The number of carbonyl (C=O) groups is 1. The van der Waals surface area contributed by atoms with Crippen molar-refractivity contribution >= 4 is 5.91 Å². The van der Waals surface area contributed by atoms with Crippen molar-refractivity contribution in [3.8, 4) is 0 Å². The molecule has 18 heavy (non-hydrogen) atoms. The molecule has 0 radical (unpaired) electrons. The molecule has 0 atom stereocenters. The number of rotatable bonds is 3. The van der Waals surface area contributed by atoms with Gasteiger partial charge in [-0.1, -0.05) is 30.3 Å². The number of benzene rings is 1. The molecule has 1 aromatic heterocycles. The molecule has 0 saturated carbocycles. The summed E-state index contributed by atoms with van der Waals surface area (Å²) in [5.74, 6) is -2.74. The van der Waals surface area contributed by atoms with Gasteiger partial charge in [0.15, 0.2) is 11.6 Å². The van der Waals surface area contributed by atoms with Crippen molar-refractivity contribution in [1.29, 1.82) is 0 Å². The van der Waals surface area contributed by atoms with Gasteiger partial charge >= 0.3 is 0 Å². The molecule has 1 N–H and O–H groups in total. The van der Waals surface area contributed by atoms with Crippen LogP contribution in [0, 0.1) is 11.6 Å². The Kier molecular flexibility index (Phi) is 3.62. The summed E-state index contributed by atoms with van der Waals surface area (Å²) in [6.07, 6.45) is 1.61. The third kappa shape index (κ3) is 2.68. The van der Waals surface area contributed by atoms with Gasteiger partial charge in [0.1, 0.15) is 5.56 Å². The second kappa shape index (κ2) is 5.35. The SMILES string of the molecule is O=C(NCc1ccccc1)c1c(F)cncc1F. The van der Waals surface area contributed by atoms with Gasteiger partial charge in [0.05, 0.1) is 12.4 Å². The summed E-state index contributed by atoms with van der Waals surface area (Å²) in [5.41, 5.74) is 0.238. The van der Waals surface area contributed by atoms with Crippen LogP contribution in [0.4, 0.5) is 8.78 Å². The van der Waals surface area contributed by atoms with Gasteiger partial charge in [-0.3, -0.25) is 9.78 Å². The number of hydrogen-bond donors (Lipinski definition) is 1. The molecule has 0 aliphatic heterocycles. The van der Waals surface area contributed by atoms with Crippen molar-refractivity contribution < 1.29 is 13.6 Å². The summed E-state index contributed by atoms with van der Waals surface area (Å²) >= 11 is 0. The maximum absolute atomic E-state index is 13.3. The first-order valence-corrected chi connectivity index (χ1v) is 5.29. The van der Waals surface area contributed by atoms with Gasteiger partial charge in [0.25, 0.3) is 5.91 Å². The lowest BCUT2D eigenvalue weighted by atomic mass is 10.2. The molecular weight excluding hydrogens is 238 g/mol. The van der Waals surface area contributed by atoms with Crippen LogP contribution in [-0.4, -0.2) is 10.9 Å². The predicted molar refractivity (Wildman–Crippen MR) is 61.8 cm³/mol. The molecule has 1 heterocycles. The second-order valence-electron chi connectivity index (χ2n) is 3.65. The zero-order valence-corrected chi connectivity index (χ0v) is 9.36. The lowest BCUT2D eigenvalue weighted by Crippen LogP contribution is -2.25. The first kappa shape index (κ1) is 12.2. The Balaban J connectivity index is 2.09. The Morgan fingerprint density at radius 2 is 1.72 bits per heavy atom. The molecule has 0 unspecified atom stereocenters. The van der Waals surface area contributed by atoms with Crippen LogP contribution >= 0.6 is 0 Å². The minimum atomic E-state index is -0.972. The van der Waals surface area contributed by atoms with E-state index in [-0.39, 0.29) is 6.54 Å². The zero-order valence-electron chi connectivity index (χ0n) is 9.36. The van der Waals surface area contributed by atoms with Crippen molar-refractivity contribution in [3.63, 3.8) is 0 Å². The van der Waals surface area contributed by atoms with Crippen LogP contribution in [0.5, 0.6) is 0 Å². The average Bonchev–Trinajstić information content (AvgIpc) is 2.37. The molecule has 0 saturated heterocycles. The van der Waals surface area contributed by atoms with Crippen LogP contribution in [0.25, 0.3) is 0 Å². The molecule has 0 spiro atoms. The Bertz CT molecular complexity index is 538. The van der Waals surface area contributed by atoms with E-state index in [0.29, 0.717) is 0 Å². The highest BCUT2D eigenvalue weighted by atomic mass is 19.1. The molecule has 0 aliphatic rings. The third-order valence-corrected chi connectivity index (χ3v) is 2.38. The van der Waals surface area contributed by atoms with Gasteiger partial charge in [-0.05, 0) is 5.56 Å². The van der Waals surface area contributed by atoms with E-state index in [1.807, 2.05) is 18.2 Å². The first-order chi connectivity index (χ1) is 8.68. The Hall–Kier alpha value is -2.30. The molecule has 5 heteroatoms. The molecule has 1 aromatic carbocycles. The number of pyridine rings is 1. The smallest absolute Gasteiger partial charge is 0.257 e. The fourth-order valence-electron chi connectivity index (χ4n) is 1.49. The van der Waals surface area contributed by atoms with Crippen LogP contribution in [0.2, 0.25) is 0 Å². The molecule has 2 aromatic rings. The summed E-state index contributed by atoms with van der Waals surface area (Å²) in [7, 11) is 0. The van der Waals surface area contributed by atoms with E-state index < -0.39 is 23.1 Å². The van der Waals surface area contributed by atoms with Crippen molar-refractivity contribution in [3.05, 3.63) is 65.5 Å². The predicted octanol–water partition coefficient (Wildman–Crippen LogP) is 2.29. The average molecular weight is 248 g/mol. The summed E-state index contributed by atoms with van der Waals surface area (Å²) in [4.78, 5) is 15.0. The van der Waals surface area contributed by atoms with E-state index in [4.69, 9.17) is 0 Å². The Morgan fingerprint density at radius 3 is 2.33 bits per heavy atom. The molecule has 0 aliphatic carbocycles. The van der Waals surface area contributed by atoms with Gasteiger partial charge in [-0.15, -0.1) is 0 Å². The van der Waals surface area contributed by atoms with E-state index in [1.165, 1.54) is 0 Å². The number of carbonyl (C=O) groups excluding carboxylic acids is 1. The van der Waals surface area contributed by atoms with Crippen molar-refractivity contribution in [2.75, 3.05) is 0 Å². The molecule has 3 nitrogen and oxygen atoms in total. The highest BCUT2D eigenvalue weighted by molar-refractivity contribution is 5.94. The van der Waals surface area contributed by atoms with Crippen LogP contribution in [0.1, 0.15) is 15.9 Å². The van der Waals surface area contributed by atoms with E-state index in [9.17, 15) is 13.6 Å². The van der Waals surface area contributed by atoms with Gasteiger partial charge < -0.3 is 5.32 Å². The normalized spacial score (nSPS) is 10.1. The number of amides is 1. The summed E-state index contributed by atoms with van der Waals surface area (Å²) in [6.45, 7) is 0.209. The fraction of sp³-hybridized carbons (Fsp3) is 0.0769. The number of hydrogen-bond acceptors (Lipinski definition) is 2. The summed E-state index contributed by atoms with van der Waals surface area (Å²) in [5, 5.41) is 2.45. The molecule has 0 fully saturated rings. The van der Waals surface area contributed by atoms with Gasteiger partial charge in [-0.2, -0.15) is 0 Å². The van der Waals surface area contributed by atoms with Crippen LogP contribution in [0.15, 0.2) is 42.7 Å². The minimum Gasteiger partial charge on any atom is -0.348 e. The van der Waals surface area contributed by atoms with E-state index in [1.54, 1.807) is 12.1 Å². The maximum atomic E-state index is 13.3. The van der Waals surface area contributed by atoms with Crippen LogP contribution in [0.3, 0.4) is 0 Å². The number of nitrogens with one attached hydrogen (secondary N) is 1. The first-order valence-electron chi connectivity index (χ1n) is 5.29. The third-order valence-electron chi connectivity index (χ3n) is 2.38. The molecule has 92 valence electrons.